The van der Waals surface area contributed by atoms with E-state index in [1.165, 1.54) is 12.8 Å². The number of likely N-dealkylation sites (tertiary alicyclic amines) is 1. The molecular weight excluding hydrogens is 338 g/mol. The summed E-state index contributed by atoms with van der Waals surface area (Å²) >= 11 is 0. The number of nitrogens with zero attached hydrogens (tertiary/aromatic N) is 4. The van der Waals surface area contributed by atoms with Crippen molar-refractivity contribution in [1.29, 1.82) is 0 Å². The zero-order valence-corrected chi connectivity index (χ0v) is 16.5. The summed E-state index contributed by atoms with van der Waals surface area (Å²) in [6.45, 7) is 13.6. The van der Waals surface area contributed by atoms with E-state index in [1.807, 2.05) is 19.2 Å². The number of nitrogens with one attached hydrogen (secondary N) is 1. The molecule has 3 heterocycles. The van der Waals surface area contributed by atoms with E-state index in [1.54, 1.807) is 6.08 Å². The Hall–Kier alpha value is -1.92. The molecule has 2 fully saturated rings. The topological polar surface area (TPSA) is 51.7 Å². The molecule has 2 atom stereocenters. The van der Waals surface area contributed by atoms with Crippen molar-refractivity contribution in [1.82, 2.24) is 20.1 Å². The van der Waals surface area contributed by atoms with Gasteiger partial charge in [0.25, 0.3) is 0 Å². The summed E-state index contributed by atoms with van der Waals surface area (Å²) in [5.41, 5.74) is 0. The second kappa shape index (κ2) is 9.85. The van der Waals surface area contributed by atoms with Gasteiger partial charge in [-0.2, -0.15) is 0 Å². The molecule has 3 rings (SSSR count). The number of carbonyl (C=O) groups is 1. The maximum atomic E-state index is 12.2. The van der Waals surface area contributed by atoms with Crippen molar-refractivity contribution in [3.63, 3.8) is 0 Å². The smallest absolute Gasteiger partial charge is 0.237 e. The van der Waals surface area contributed by atoms with Crippen LogP contribution in [0.2, 0.25) is 0 Å². The molecule has 0 aromatic carbocycles. The average molecular weight is 372 g/mol. The van der Waals surface area contributed by atoms with Crippen molar-refractivity contribution >= 4 is 11.7 Å². The highest BCUT2D eigenvalue weighted by Gasteiger charge is 2.29. The highest BCUT2D eigenvalue weighted by atomic mass is 16.2. The molecule has 0 unspecified atom stereocenters. The third-order valence-corrected chi connectivity index (χ3v) is 5.76. The van der Waals surface area contributed by atoms with Crippen molar-refractivity contribution < 1.29 is 4.79 Å². The molecule has 0 saturated carbocycles. The van der Waals surface area contributed by atoms with E-state index in [9.17, 15) is 4.79 Å². The molecule has 1 aromatic heterocycles. The predicted octanol–water partition coefficient (Wildman–Crippen LogP) is 1.61. The monoisotopic (exact) mass is 371 g/mol. The molecule has 2 aliphatic heterocycles. The fraction of sp³-hybridized carbons (Fsp3) is 0.619. The van der Waals surface area contributed by atoms with Crippen LogP contribution in [0.5, 0.6) is 0 Å². The third-order valence-electron chi connectivity index (χ3n) is 5.76. The summed E-state index contributed by atoms with van der Waals surface area (Å²) in [7, 11) is 0. The number of carbonyl (C=O) groups excluding carboxylic acids is 1. The Morgan fingerprint density at radius 1 is 1.33 bits per heavy atom. The molecule has 6 heteroatoms. The van der Waals surface area contributed by atoms with Gasteiger partial charge in [-0.15, -0.1) is 6.58 Å². The van der Waals surface area contributed by atoms with Crippen LogP contribution in [-0.4, -0.2) is 79.1 Å². The Morgan fingerprint density at radius 2 is 2.15 bits per heavy atom. The molecule has 1 amide bonds. The van der Waals surface area contributed by atoms with Gasteiger partial charge in [0.15, 0.2) is 0 Å². The van der Waals surface area contributed by atoms with E-state index >= 15 is 0 Å². The van der Waals surface area contributed by atoms with Crippen LogP contribution >= 0.6 is 0 Å². The zero-order chi connectivity index (χ0) is 19.1. The molecule has 0 radical (unpaired) electrons. The SMILES string of the molecule is C=CCNC(=O)[C@H](C)N1CCC[C@H](CN2CCN(c3ccccn3)CC2)C1. The Bertz CT molecular complexity index is 600. The third kappa shape index (κ3) is 5.53. The van der Waals surface area contributed by atoms with Crippen molar-refractivity contribution in [2.45, 2.75) is 25.8 Å². The summed E-state index contributed by atoms with van der Waals surface area (Å²) in [6, 6.07) is 6.05. The van der Waals surface area contributed by atoms with E-state index in [0.29, 0.717) is 12.5 Å². The fourth-order valence-corrected chi connectivity index (χ4v) is 4.15. The number of piperazine rings is 1. The van der Waals surface area contributed by atoms with Crippen LogP contribution in [0, 0.1) is 5.92 Å². The lowest BCUT2D eigenvalue weighted by atomic mass is 9.95. The molecule has 2 aliphatic rings. The lowest BCUT2D eigenvalue weighted by Gasteiger charge is -2.40. The van der Waals surface area contributed by atoms with E-state index in [2.05, 4.69) is 43.7 Å². The van der Waals surface area contributed by atoms with Gasteiger partial charge in [-0.3, -0.25) is 14.6 Å². The number of hydrogen-bond donors (Lipinski definition) is 1. The van der Waals surface area contributed by atoms with Gasteiger partial charge in [-0.25, -0.2) is 4.98 Å². The van der Waals surface area contributed by atoms with Gasteiger partial charge in [0.05, 0.1) is 6.04 Å². The van der Waals surface area contributed by atoms with Crippen molar-refractivity contribution in [3.8, 4) is 0 Å². The standard InChI is InChI=1S/C21H33N5O/c1-3-9-23-21(27)18(2)26-11-6-7-19(17-26)16-24-12-14-25(15-13-24)20-8-4-5-10-22-20/h3-5,8,10,18-19H,1,6-7,9,11-17H2,2H3,(H,23,27)/t18-,19+/m0/s1. The minimum Gasteiger partial charge on any atom is -0.354 e. The van der Waals surface area contributed by atoms with E-state index in [0.717, 1.165) is 51.6 Å². The van der Waals surface area contributed by atoms with E-state index in [4.69, 9.17) is 0 Å². The molecular formula is C21H33N5O. The highest BCUT2D eigenvalue weighted by Crippen LogP contribution is 2.21. The van der Waals surface area contributed by atoms with Crippen LogP contribution < -0.4 is 10.2 Å². The number of anilines is 1. The van der Waals surface area contributed by atoms with Gasteiger partial charge in [0, 0.05) is 52.0 Å². The fourth-order valence-electron chi connectivity index (χ4n) is 4.15. The molecule has 6 nitrogen and oxygen atoms in total. The van der Waals surface area contributed by atoms with Gasteiger partial charge in [0.1, 0.15) is 5.82 Å². The number of aromatic nitrogens is 1. The molecule has 0 bridgehead atoms. The predicted molar refractivity (Wildman–Crippen MR) is 110 cm³/mol. The van der Waals surface area contributed by atoms with Gasteiger partial charge in [0.2, 0.25) is 5.91 Å². The first kappa shape index (κ1) is 19.8. The largest absolute Gasteiger partial charge is 0.354 e. The summed E-state index contributed by atoms with van der Waals surface area (Å²) in [5.74, 6) is 1.84. The van der Waals surface area contributed by atoms with Crippen molar-refractivity contribution in [3.05, 3.63) is 37.1 Å². The first-order valence-corrected chi connectivity index (χ1v) is 10.2. The normalized spacial score (nSPS) is 23.0. The van der Waals surface area contributed by atoms with Gasteiger partial charge in [-0.05, 0) is 44.4 Å². The molecule has 0 aliphatic carbocycles. The lowest BCUT2D eigenvalue weighted by Crippen LogP contribution is -2.52. The Labute approximate surface area is 163 Å². The first-order chi connectivity index (χ1) is 13.2. The van der Waals surface area contributed by atoms with Crippen LogP contribution in [0.3, 0.4) is 0 Å². The maximum Gasteiger partial charge on any atom is 0.237 e. The van der Waals surface area contributed by atoms with E-state index in [-0.39, 0.29) is 11.9 Å². The van der Waals surface area contributed by atoms with Gasteiger partial charge < -0.3 is 10.2 Å². The zero-order valence-electron chi connectivity index (χ0n) is 16.5. The number of piperidine rings is 1. The van der Waals surface area contributed by atoms with Crippen LogP contribution in [0.25, 0.3) is 0 Å². The summed E-state index contributed by atoms with van der Waals surface area (Å²) < 4.78 is 0. The van der Waals surface area contributed by atoms with E-state index < -0.39 is 0 Å². The summed E-state index contributed by atoms with van der Waals surface area (Å²) in [4.78, 5) is 24.0. The molecule has 0 spiro atoms. The van der Waals surface area contributed by atoms with Gasteiger partial charge >= 0.3 is 0 Å². The summed E-state index contributed by atoms with van der Waals surface area (Å²) in [6.07, 6.45) is 6.04. The number of rotatable bonds is 7. The molecule has 148 valence electrons. The summed E-state index contributed by atoms with van der Waals surface area (Å²) in [5, 5.41) is 2.93. The average Bonchev–Trinajstić information content (AvgIpc) is 2.73. The number of pyridine rings is 1. The second-order valence-electron chi connectivity index (χ2n) is 7.69. The van der Waals surface area contributed by atoms with Crippen LogP contribution in [-0.2, 0) is 4.79 Å². The Kier molecular flexibility index (Phi) is 7.24. The Balaban J connectivity index is 1.44. The lowest BCUT2D eigenvalue weighted by molar-refractivity contribution is -0.126. The van der Waals surface area contributed by atoms with Crippen LogP contribution in [0.4, 0.5) is 5.82 Å². The quantitative estimate of drug-likeness (QED) is 0.738. The van der Waals surface area contributed by atoms with Crippen molar-refractivity contribution in [2.24, 2.45) is 5.92 Å². The van der Waals surface area contributed by atoms with Crippen LogP contribution in [0.1, 0.15) is 19.8 Å². The second-order valence-corrected chi connectivity index (χ2v) is 7.69. The minimum atomic E-state index is -0.0613. The van der Waals surface area contributed by atoms with Crippen LogP contribution in [0.15, 0.2) is 37.1 Å². The molecule has 2 saturated heterocycles. The number of amides is 1. The molecule has 1 N–H and O–H groups in total. The maximum absolute atomic E-state index is 12.2. The van der Waals surface area contributed by atoms with Crippen molar-refractivity contribution in [2.75, 3.05) is 57.3 Å². The Morgan fingerprint density at radius 3 is 2.85 bits per heavy atom. The molecule has 27 heavy (non-hydrogen) atoms. The van der Waals surface area contributed by atoms with Gasteiger partial charge in [-0.1, -0.05) is 12.1 Å². The first-order valence-electron chi connectivity index (χ1n) is 10.2. The number of hydrogen-bond acceptors (Lipinski definition) is 5. The minimum absolute atomic E-state index is 0.0613. The molecule has 1 aromatic rings. The highest BCUT2D eigenvalue weighted by molar-refractivity contribution is 5.81.